The van der Waals surface area contributed by atoms with Crippen molar-refractivity contribution in [2.24, 2.45) is 11.7 Å². The lowest BCUT2D eigenvalue weighted by molar-refractivity contribution is -0.135. The van der Waals surface area contributed by atoms with E-state index in [2.05, 4.69) is 18.7 Å². The summed E-state index contributed by atoms with van der Waals surface area (Å²) in [4.78, 5) is 14.4. The maximum Gasteiger partial charge on any atom is 0.222 e. The first kappa shape index (κ1) is 17.5. The van der Waals surface area contributed by atoms with Crippen LogP contribution in [-0.4, -0.2) is 29.9 Å². The average Bonchev–Trinajstić information content (AvgIpc) is 2.46. The van der Waals surface area contributed by atoms with Crippen LogP contribution in [0.4, 0.5) is 0 Å². The Morgan fingerprint density at radius 2 is 1.75 bits per heavy atom. The Hall–Kier alpha value is -0.570. The minimum absolute atomic E-state index is 0.351. The molecule has 2 unspecified atom stereocenters. The minimum atomic E-state index is 0.351. The van der Waals surface area contributed by atoms with Gasteiger partial charge in [-0.25, -0.2) is 0 Å². The summed E-state index contributed by atoms with van der Waals surface area (Å²) in [7, 11) is 0. The quantitative estimate of drug-likeness (QED) is 0.655. The predicted molar refractivity (Wildman–Crippen MR) is 85.6 cm³/mol. The highest BCUT2D eigenvalue weighted by molar-refractivity contribution is 5.76. The fourth-order valence-electron chi connectivity index (χ4n) is 3.10. The largest absolute Gasteiger partial charge is 0.340 e. The van der Waals surface area contributed by atoms with E-state index in [1.54, 1.807) is 0 Å². The van der Waals surface area contributed by atoms with Crippen LogP contribution in [0.15, 0.2) is 0 Å². The Morgan fingerprint density at radius 1 is 1.10 bits per heavy atom. The number of carbonyl (C=O) groups is 1. The molecule has 2 N–H and O–H groups in total. The van der Waals surface area contributed by atoms with Crippen LogP contribution in [0, 0.1) is 5.92 Å². The molecule has 1 saturated heterocycles. The number of nitrogens with two attached hydrogens (primary N) is 1. The second-order valence-electron chi connectivity index (χ2n) is 6.45. The molecular formula is C17H34N2O. The number of unbranched alkanes of at least 4 members (excludes halogenated alkanes) is 6. The van der Waals surface area contributed by atoms with Crippen LogP contribution >= 0.6 is 0 Å². The van der Waals surface area contributed by atoms with Crippen molar-refractivity contribution in [1.82, 2.24) is 4.90 Å². The van der Waals surface area contributed by atoms with E-state index in [9.17, 15) is 4.79 Å². The number of rotatable bonds is 9. The van der Waals surface area contributed by atoms with Crippen LogP contribution in [0.3, 0.4) is 0 Å². The number of carbonyl (C=O) groups excluding carboxylic acids is 1. The highest BCUT2D eigenvalue weighted by atomic mass is 16.2. The van der Waals surface area contributed by atoms with Gasteiger partial charge >= 0.3 is 0 Å². The van der Waals surface area contributed by atoms with Crippen molar-refractivity contribution in [2.45, 2.75) is 84.1 Å². The van der Waals surface area contributed by atoms with Crippen LogP contribution in [0.1, 0.15) is 78.1 Å². The van der Waals surface area contributed by atoms with E-state index < -0.39 is 0 Å². The van der Waals surface area contributed by atoms with E-state index in [1.165, 1.54) is 44.9 Å². The maximum atomic E-state index is 12.3. The van der Waals surface area contributed by atoms with Gasteiger partial charge in [-0.2, -0.15) is 0 Å². The Kier molecular flexibility index (Phi) is 8.92. The van der Waals surface area contributed by atoms with Gasteiger partial charge in [0.2, 0.25) is 5.91 Å². The molecule has 1 fully saturated rings. The lowest BCUT2D eigenvalue weighted by Crippen LogP contribution is -2.47. The SMILES string of the molecule is CCCCCCCCCC(=O)N1CC(CN)CCC1C. The molecule has 0 radical (unpaired) electrons. The van der Waals surface area contributed by atoms with E-state index in [1.807, 2.05) is 0 Å². The van der Waals surface area contributed by atoms with Gasteiger partial charge in [-0.15, -0.1) is 0 Å². The zero-order valence-electron chi connectivity index (χ0n) is 13.6. The Balaban J connectivity index is 2.14. The molecule has 0 aromatic rings. The molecule has 2 atom stereocenters. The predicted octanol–water partition coefficient (Wildman–Crippen LogP) is 3.71. The van der Waals surface area contributed by atoms with Gasteiger partial charge in [-0.05, 0) is 38.6 Å². The van der Waals surface area contributed by atoms with Crippen molar-refractivity contribution in [3.8, 4) is 0 Å². The van der Waals surface area contributed by atoms with Gasteiger partial charge in [0.05, 0.1) is 0 Å². The first-order valence-electron chi connectivity index (χ1n) is 8.68. The molecule has 1 aliphatic heterocycles. The summed E-state index contributed by atoms with van der Waals surface area (Å²) in [5.74, 6) is 0.869. The molecule has 0 aromatic carbocycles. The molecule has 20 heavy (non-hydrogen) atoms. The third-order valence-corrected chi connectivity index (χ3v) is 4.63. The van der Waals surface area contributed by atoms with Crippen molar-refractivity contribution in [2.75, 3.05) is 13.1 Å². The second kappa shape index (κ2) is 10.2. The van der Waals surface area contributed by atoms with Gasteiger partial charge in [0, 0.05) is 19.0 Å². The number of likely N-dealkylation sites (tertiary alicyclic amines) is 1. The van der Waals surface area contributed by atoms with Crippen LogP contribution in [-0.2, 0) is 4.79 Å². The van der Waals surface area contributed by atoms with Crippen molar-refractivity contribution >= 4 is 5.91 Å². The van der Waals surface area contributed by atoms with Crippen molar-refractivity contribution in [1.29, 1.82) is 0 Å². The van der Waals surface area contributed by atoms with E-state index in [4.69, 9.17) is 5.73 Å². The smallest absolute Gasteiger partial charge is 0.222 e. The molecule has 1 rings (SSSR count). The fraction of sp³-hybridized carbons (Fsp3) is 0.941. The molecule has 1 amide bonds. The van der Waals surface area contributed by atoms with Gasteiger partial charge in [0.1, 0.15) is 0 Å². The van der Waals surface area contributed by atoms with Crippen LogP contribution in [0.5, 0.6) is 0 Å². The molecule has 0 aliphatic carbocycles. The first-order chi connectivity index (χ1) is 9.69. The normalized spacial score (nSPS) is 23.1. The summed E-state index contributed by atoms with van der Waals surface area (Å²) in [5.41, 5.74) is 5.75. The standard InChI is InChI=1S/C17H34N2O/c1-3-4-5-6-7-8-9-10-17(20)19-14-16(13-18)12-11-15(19)2/h15-16H,3-14,18H2,1-2H3. The van der Waals surface area contributed by atoms with Crippen molar-refractivity contribution < 1.29 is 4.79 Å². The molecule has 118 valence electrons. The van der Waals surface area contributed by atoms with E-state index in [0.29, 0.717) is 24.4 Å². The van der Waals surface area contributed by atoms with Crippen LogP contribution in [0.2, 0.25) is 0 Å². The molecular weight excluding hydrogens is 248 g/mol. The Morgan fingerprint density at radius 3 is 2.40 bits per heavy atom. The summed E-state index contributed by atoms with van der Waals surface area (Å²) < 4.78 is 0. The summed E-state index contributed by atoms with van der Waals surface area (Å²) in [6.07, 6.45) is 11.9. The summed E-state index contributed by atoms with van der Waals surface area (Å²) >= 11 is 0. The summed E-state index contributed by atoms with van der Waals surface area (Å²) in [5, 5.41) is 0. The van der Waals surface area contributed by atoms with Crippen LogP contribution < -0.4 is 5.73 Å². The number of hydrogen-bond acceptors (Lipinski definition) is 2. The van der Waals surface area contributed by atoms with Gasteiger partial charge in [-0.3, -0.25) is 4.79 Å². The fourth-order valence-corrected chi connectivity index (χ4v) is 3.10. The number of piperidine rings is 1. The molecule has 0 bridgehead atoms. The lowest BCUT2D eigenvalue weighted by Gasteiger charge is -2.37. The second-order valence-corrected chi connectivity index (χ2v) is 6.45. The third-order valence-electron chi connectivity index (χ3n) is 4.63. The highest BCUT2D eigenvalue weighted by Crippen LogP contribution is 2.22. The first-order valence-corrected chi connectivity index (χ1v) is 8.68. The van der Waals surface area contributed by atoms with Gasteiger partial charge < -0.3 is 10.6 Å². The number of amides is 1. The Labute approximate surface area is 125 Å². The average molecular weight is 282 g/mol. The molecule has 3 nitrogen and oxygen atoms in total. The maximum absolute atomic E-state index is 12.3. The van der Waals surface area contributed by atoms with Crippen molar-refractivity contribution in [3.63, 3.8) is 0 Å². The Bertz CT molecular complexity index is 268. The van der Waals surface area contributed by atoms with E-state index in [-0.39, 0.29) is 0 Å². The lowest BCUT2D eigenvalue weighted by atomic mass is 9.93. The molecule has 1 aliphatic rings. The molecule has 0 saturated carbocycles. The molecule has 0 spiro atoms. The molecule has 3 heteroatoms. The number of hydrogen-bond donors (Lipinski definition) is 1. The zero-order valence-corrected chi connectivity index (χ0v) is 13.6. The highest BCUT2D eigenvalue weighted by Gasteiger charge is 2.27. The number of nitrogens with zero attached hydrogens (tertiary/aromatic N) is 1. The third kappa shape index (κ3) is 6.25. The van der Waals surface area contributed by atoms with E-state index >= 15 is 0 Å². The molecule has 1 heterocycles. The van der Waals surface area contributed by atoms with Gasteiger partial charge in [-0.1, -0.05) is 45.4 Å². The van der Waals surface area contributed by atoms with Crippen LogP contribution in [0.25, 0.3) is 0 Å². The van der Waals surface area contributed by atoms with Gasteiger partial charge in [0.15, 0.2) is 0 Å². The topological polar surface area (TPSA) is 46.3 Å². The zero-order chi connectivity index (χ0) is 14.8. The summed E-state index contributed by atoms with van der Waals surface area (Å²) in [6.45, 7) is 6.02. The molecule has 0 aromatic heterocycles. The monoisotopic (exact) mass is 282 g/mol. The minimum Gasteiger partial charge on any atom is -0.340 e. The van der Waals surface area contributed by atoms with Crippen molar-refractivity contribution in [3.05, 3.63) is 0 Å². The van der Waals surface area contributed by atoms with E-state index in [0.717, 1.165) is 25.8 Å². The van der Waals surface area contributed by atoms with Gasteiger partial charge in [0.25, 0.3) is 0 Å². The summed E-state index contributed by atoms with van der Waals surface area (Å²) in [6, 6.07) is 0.412.